The van der Waals surface area contributed by atoms with E-state index in [1.54, 1.807) is 37.3 Å². The summed E-state index contributed by atoms with van der Waals surface area (Å²) in [5.74, 6) is -6.30. The molecule has 1 saturated carbocycles. The molecule has 236 valence electrons. The summed E-state index contributed by atoms with van der Waals surface area (Å²) in [5, 5.41) is 10.3. The SMILES string of the molecule is COc1cc(C2C3=CCC4C(=O)N(c5ccc(Br)cc5)C(=O)C4C3CC3C(=O)N(c4ccc(F)c(Cl)c4)C(=O)C32C)cc(Cl)c1O. The Morgan fingerprint density at radius 3 is 2.28 bits per heavy atom. The maximum atomic E-state index is 14.5. The molecule has 3 fully saturated rings. The Morgan fingerprint density at radius 2 is 1.61 bits per heavy atom. The van der Waals surface area contributed by atoms with Crippen molar-refractivity contribution in [2.45, 2.75) is 25.7 Å². The molecule has 0 spiro atoms. The summed E-state index contributed by atoms with van der Waals surface area (Å²) in [6.45, 7) is 1.71. The molecular weight excluding hydrogens is 702 g/mol. The Bertz CT molecular complexity index is 1900. The zero-order valence-corrected chi connectivity index (χ0v) is 27.6. The zero-order valence-electron chi connectivity index (χ0n) is 24.5. The van der Waals surface area contributed by atoms with Crippen LogP contribution in [0.5, 0.6) is 11.5 Å². The van der Waals surface area contributed by atoms with Crippen molar-refractivity contribution < 1.29 is 33.4 Å². The number of hydrogen-bond donors (Lipinski definition) is 1. The molecule has 3 aromatic rings. The van der Waals surface area contributed by atoms with Crippen LogP contribution in [0.4, 0.5) is 15.8 Å². The van der Waals surface area contributed by atoms with E-state index < -0.39 is 52.6 Å². The van der Waals surface area contributed by atoms with Gasteiger partial charge in [0.05, 0.1) is 51.7 Å². The average molecular weight is 728 g/mol. The Hall–Kier alpha value is -3.73. The van der Waals surface area contributed by atoms with E-state index in [1.807, 2.05) is 6.08 Å². The summed E-state index contributed by atoms with van der Waals surface area (Å²) in [4.78, 5) is 59.0. The van der Waals surface area contributed by atoms with Crippen molar-refractivity contribution in [3.63, 3.8) is 0 Å². The smallest absolute Gasteiger partial charge is 0.241 e. The molecule has 0 aromatic heterocycles. The summed E-state index contributed by atoms with van der Waals surface area (Å²) < 4.78 is 20.3. The number of amides is 4. The summed E-state index contributed by atoms with van der Waals surface area (Å²) in [6, 6.07) is 13.7. The summed E-state index contributed by atoms with van der Waals surface area (Å²) in [7, 11) is 1.37. The molecule has 1 N–H and O–H groups in total. The topological polar surface area (TPSA) is 104 Å². The van der Waals surface area contributed by atoms with Gasteiger partial charge in [0, 0.05) is 10.4 Å². The van der Waals surface area contributed by atoms with Crippen LogP contribution < -0.4 is 14.5 Å². The second kappa shape index (κ2) is 10.9. The molecule has 2 heterocycles. The minimum Gasteiger partial charge on any atom is -0.503 e. The molecule has 7 rings (SSSR count). The van der Waals surface area contributed by atoms with Crippen LogP contribution in [0.1, 0.15) is 31.2 Å². The highest BCUT2D eigenvalue weighted by molar-refractivity contribution is 9.10. The molecule has 0 radical (unpaired) electrons. The molecule has 2 aliphatic heterocycles. The van der Waals surface area contributed by atoms with Gasteiger partial charge in [0.25, 0.3) is 0 Å². The zero-order chi connectivity index (χ0) is 32.8. The van der Waals surface area contributed by atoms with E-state index in [1.165, 1.54) is 30.2 Å². The summed E-state index contributed by atoms with van der Waals surface area (Å²) in [5.41, 5.74) is 0.439. The van der Waals surface area contributed by atoms with Crippen LogP contribution in [0, 0.1) is 34.9 Å². The first-order valence-electron chi connectivity index (χ1n) is 14.6. The Balaban J connectivity index is 1.39. The summed E-state index contributed by atoms with van der Waals surface area (Å²) >= 11 is 15.9. The van der Waals surface area contributed by atoms with Gasteiger partial charge in [-0.2, -0.15) is 0 Å². The van der Waals surface area contributed by atoms with Crippen molar-refractivity contribution in [2.75, 3.05) is 16.9 Å². The number of anilines is 2. The molecule has 0 bridgehead atoms. The van der Waals surface area contributed by atoms with E-state index in [9.17, 15) is 28.7 Å². The number of rotatable bonds is 4. The molecule has 46 heavy (non-hydrogen) atoms. The third kappa shape index (κ3) is 4.29. The number of phenols is 1. The van der Waals surface area contributed by atoms with E-state index in [2.05, 4.69) is 15.9 Å². The predicted octanol–water partition coefficient (Wildman–Crippen LogP) is 7.04. The van der Waals surface area contributed by atoms with E-state index in [-0.39, 0.29) is 51.9 Å². The van der Waals surface area contributed by atoms with Gasteiger partial charge in [-0.05, 0) is 85.8 Å². The molecule has 8 nitrogen and oxygen atoms in total. The number of ether oxygens (including phenoxy) is 1. The van der Waals surface area contributed by atoms with Crippen molar-refractivity contribution in [1.29, 1.82) is 0 Å². The van der Waals surface area contributed by atoms with E-state index >= 15 is 0 Å². The summed E-state index contributed by atoms with van der Waals surface area (Å²) in [6.07, 6.45) is 2.30. The van der Waals surface area contributed by atoms with Gasteiger partial charge in [0.1, 0.15) is 5.82 Å². The molecule has 3 aromatic carbocycles. The highest BCUT2D eigenvalue weighted by Crippen LogP contribution is 2.64. The van der Waals surface area contributed by atoms with E-state index in [0.29, 0.717) is 11.3 Å². The molecule has 4 aliphatic rings. The van der Waals surface area contributed by atoms with Crippen LogP contribution in [0.25, 0.3) is 0 Å². The van der Waals surface area contributed by atoms with Crippen LogP contribution in [-0.2, 0) is 19.2 Å². The van der Waals surface area contributed by atoms with Crippen molar-refractivity contribution in [2.24, 2.45) is 29.1 Å². The van der Waals surface area contributed by atoms with Crippen molar-refractivity contribution in [3.8, 4) is 11.5 Å². The van der Waals surface area contributed by atoms with Gasteiger partial charge >= 0.3 is 0 Å². The van der Waals surface area contributed by atoms with Gasteiger partial charge in [-0.25, -0.2) is 9.29 Å². The lowest BCUT2D eigenvalue weighted by Crippen LogP contribution is -2.48. The van der Waals surface area contributed by atoms with Crippen LogP contribution in [-0.4, -0.2) is 35.8 Å². The number of fused-ring (bicyclic) bond motifs is 4. The van der Waals surface area contributed by atoms with E-state index in [4.69, 9.17) is 27.9 Å². The number of nitrogens with zero attached hydrogens (tertiary/aromatic N) is 2. The number of carbonyl (C=O) groups is 4. The number of hydrogen-bond acceptors (Lipinski definition) is 6. The number of halogens is 4. The third-order valence-corrected chi connectivity index (χ3v) is 11.2. The lowest BCUT2D eigenvalue weighted by atomic mass is 9.51. The minimum absolute atomic E-state index is 0.0154. The minimum atomic E-state index is -1.38. The first-order chi connectivity index (χ1) is 21.9. The maximum Gasteiger partial charge on any atom is 0.241 e. The Labute approximate surface area is 281 Å². The number of carbonyl (C=O) groups excluding carboxylic acids is 4. The number of methoxy groups -OCH3 is 1. The number of imide groups is 2. The van der Waals surface area contributed by atoms with E-state index in [0.717, 1.165) is 21.0 Å². The molecule has 12 heteroatoms. The molecule has 6 unspecified atom stereocenters. The molecular formula is C34H26BrCl2FN2O6. The van der Waals surface area contributed by atoms with Gasteiger partial charge in [0.15, 0.2) is 11.5 Å². The lowest BCUT2D eigenvalue weighted by molar-refractivity contribution is -0.131. The first-order valence-corrected chi connectivity index (χ1v) is 16.2. The quantitative estimate of drug-likeness (QED) is 0.228. The van der Waals surface area contributed by atoms with Gasteiger partial charge in [-0.1, -0.05) is 50.8 Å². The third-order valence-electron chi connectivity index (χ3n) is 10.1. The second-order valence-corrected chi connectivity index (χ2v) is 14.0. The second-order valence-electron chi connectivity index (χ2n) is 12.3. The standard InChI is InChI=1S/C34H26BrCl2FN2O6/c1-34-22(31(43)40(33(34)45)18-7-10-25(38)23(36)13-18)14-21-19(28(34)15-11-24(37)29(41)26(12-15)46-2)8-9-20-27(21)32(44)39(30(20)42)17-5-3-16(35)4-6-17/h3-8,10-13,20-22,27-28,41H,9,14H2,1-2H3. The van der Waals surface area contributed by atoms with Crippen LogP contribution in [0.3, 0.4) is 0 Å². The monoisotopic (exact) mass is 726 g/mol. The van der Waals surface area contributed by atoms with Gasteiger partial charge in [-0.3, -0.25) is 24.1 Å². The molecule has 2 aliphatic carbocycles. The predicted molar refractivity (Wildman–Crippen MR) is 172 cm³/mol. The fourth-order valence-electron chi connectivity index (χ4n) is 8.03. The largest absolute Gasteiger partial charge is 0.503 e. The van der Waals surface area contributed by atoms with Crippen molar-refractivity contribution >= 4 is 74.1 Å². The Morgan fingerprint density at radius 1 is 0.913 bits per heavy atom. The van der Waals surface area contributed by atoms with Crippen molar-refractivity contribution in [1.82, 2.24) is 0 Å². The average Bonchev–Trinajstić information content (AvgIpc) is 3.40. The molecule has 4 amide bonds. The highest BCUT2D eigenvalue weighted by atomic mass is 79.9. The van der Waals surface area contributed by atoms with Crippen LogP contribution in [0.15, 0.2) is 70.7 Å². The number of allylic oxidation sites excluding steroid dienone is 2. The molecule has 2 saturated heterocycles. The lowest BCUT2D eigenvalue weighted by Gasteiger charge is -2.49. The fourth-order valence-corrected chi connectivity index (χ4v) is 8.68. The van der Waals surface area contributed by atoms with Crippen LogP contribution >= 0.6 is 39.1 Å². The molecule has 6 atom stereocenters. The number of aromatic hydroxyl groups is 1. The first kappa shape index (κ1) is 30.9. The number of benzene rings is 3. The fraction of sp³-hybridized carbons (Fsp3) is 0.294. The maximum absolute atomic E-state index is 14.5. The number of phenolic OH excluding ortho intramolecular Hbond substituents is 1. The van der Waals surface area contributed by atoms with Gasteiger partial charge < -0.3 is 9.84 Å². The van der Waals surface area contributed by atoms with Gasteiger partial charge in [0.2, 0.25) is 23.6 Å². The Kier molecular flexibility index (Phi) is 7.34. The van der Waals surface area contributed by atoms with Crippen molar-refractivity contribution in [3.05, 3.63) is 92.1 Å². The van der Waals surface area contributed by atoms with Gasteiger partial charge in [-0.15, -0.1) is 0 Å². The van der Waals surface area contributed by atoms with Crippen LogP contribution in [0.2, 0.25) is 10.0 Å². The highest BCUT2D eigenvalue weighted by Gasteiger charge is 2.67. The normalized spacial score (nSPS) is 28.7.